The van der Waals surface area contributed by atoms with E-state index in [1.807, 2.05) is 6.07 Å². The highest BCUT2D eigenvalue weighted by molar-refractivity contribution is 5.92. The average molecular weight is 631 g/mol. The minimum absolute atomic E-state index is 0.119. The molecule has 0 aliphatic heterocycles. The summed E-state index contributed by atoms with van der Waals surface area (Å²) in [6, 6.07) is 60.1. The molecule has 1 aliphatic carbocycles. The maximum atomic E-state index is 6.49. The Morgan fingerprint density at radius 1 is 0.469 bits per heavy atom. The lowest BCUT2D eigenvalue weighted by Gasteiger charge is -2.29. The third-order valence-electron chi connectivity index (χ3n) is 9.92. The number of nitrogens with zero attached hydrogens (tertiary/aromatic N) is 2. The Morgan fingerprint density at radius 3 is 1.82 bits per heavy atom. The average Bonchev–Trinajstić information content (AvgIpc) is 3.69. The first-order valence-electron chi connectivity index (χ1n) is 16.8. The summed E-state index contributed by atoms with van der Waals surface area (Å²) in [5.41, 5.74) is 15.6. The standard InChI is InChI=1S/C46H34N2O/c1-46(2)40-19-11-9-18-38(40)39-27-25-35(29-41(39)46)48(43-20-12-10-17-37(43)33-15-7-4-8-16-33)36-26-28-42-44(30-36)49-45(47-42)34-23-21-32(22-24-34)31-13-5-3-6-14-31/h3-30H,1-2H3. The zero-order valence-corrected chi connectivity index (χ0v) is 27.5. The summed E-state index contributed by atoms with van der Waals surface area (Å²) in [7, 11) is 0. The van der Waals surface area contributed by atoms with Gasteiger partial charge < -0.3 is 9.32 Å². The molecule has 0 fully saturated rings. The molecule has 0 unspecified atom stereocenters. The van der Waals surface area contributed by atoms with Gasteiger partial charge in [0.2, 0.25) is 5.89 Å². The number of oxazole rings is 1. The van der Waals surface area contributed by atoms with E-state index in [1.54, 1.807) is 0 Å². The molecule has 0 atom stereocenters. The van der Waals surface area contributed by atoms with Crippen LogP contribution in [0.4, 0.5) is 17.1 Å². The van der Waals surface area contributed by atoms with Crippen LogP contribution in [0.5, 0.6) is 0 Å². The molecule has 8 aromatic rings. The molecule has 49 heavy (non-hydrogen) atoms. The van der Waals surface area contributed by atoms with Crippen molar-refractivity contribution in [1.82, 2.24) is 4.98 Å². The number of benzene rings is 7. The first-order chi connectivity index (χ1) is 24.0. The van der Waals surface area contributed by atoms with Crippen LogP contribution in [-0.2, 0) is 5.41 Å². The molecule has 0 spiro atoms. The summed E-state index contributed by atoms with van der Waals surface area (Å²) in [5, 5.41) is 0. The fourth-order valence-electron chi connectivity index (χ4n) is 7.40. The number of aromatic nitrogens is 1. The first-order valence-corrected chi connectivity index (χ1v) is 16.8. The van der Waals surface area contributed by atoms with Crippen LogP contribution in [0.3, 0.4) is 0 Å². The van der Waals surface area contributed by atoms with E-state index in [-0.39, 0.29) is 5.41 Å². The SMILES string of the molecule is CC1(C)c2ccccc2-c2ccc(N(c3ccc4nc(-c5ccc(-c6ccccc6)cc5)oc4c3)c3ccccc3-c3ccccc3)cc21. The predicted octanol–water partition coefficient (Wildman–Crippen LogP) is 12.6. The van der Waals surface area contributed by atoms with Crippen LogP contribution >= 0.6 is 0 Å². The van der Waals surface area contributed by atoms with Crippen molar-refractivity contribution in [2.75, 3.05) is 4.90 Å². The van der Waals surface area contributed by atoms with Gasteiger partial charge in [0.05, 0.1) is 11.4 Å². The van der Waals surface area contributed by atoms with Crippen molar-refractivity contribution < 1.29 is 4.42 Å². The Hall–Kier alpha value is -6.19. The van der Waals surface area contributed by atoms with Crippen LogP contribution in [0, 0.1) is 0 Å². The van der Waals surface area contributed by atoms with Crippen LogP contribution in [0.2, 0.25) is 0 Å². The van der Waals surface area contributed by atoms with Crippen molar-refractivity contribution in [3.05, 3.63) is 181 Å². The van der Waals surface area contributed by atoms with Gasteiger partial charge >= 0.3 is 0 Å². The van der Waals surface area contributed by atoms with E-state index in [9.17, 15) is 0 Å². The summed E-state index contributed by atoms with van der Waals surface area (Å²) in [6.07, 6.45) is 0. The molecule has 0 saturated heterocycles. The molecule has 1 heterocycles. The smallest absolute Gasteiger partial charge is 0.227 e. The molecule has 0 bridgehead atoms. The number of hydrogen-bond acceptors (Lipinski definition) is 3. The Kier molecular flexibility index (Phi) is 6.80. The van der Waals surface area contributed by atoms with Crippen molar-refractivity contribution >= 4 is 28.2 Å². The van der Waals surface area contributed by atoms with E-state index in [4.69, 9.17) is 9.40 Å². The van der Waals surface area contributed by atoms with Gasteiger partial charge in [-0.3, -0.25) is 0 Å². The normalized spacial score (nSPS) is 12.9. The monoisotopic (exact) mass is 630 g/mol. The fourth-order valence-corrected chi connectivity index (χ4v) is 7.40. The highest BCUT2D eigenvalue weighted by atomic mass is 16.3. The van der Waals surface area contributed by atoms with Crippen molar-refractivity contribution in [1.29, 1.82) is 0 Å². The van der Waals surface area contributed by atoms with E-state index < -0.39 is 0 Å². The molecule has 0 amide bonds. The largest absolute Gasteiger partial charge is 0.436 e. The summed E-state index contributed by atoms with van der Waals surface area (Å²) in [4.78, 5) is 7.26. The van der Waals surface area contributed by atoms with Crippen LogP contribution in [0.1, 0.15) is 25.0 Å². The minimum atomic E-state index is -0.119. The van der Waals surface area contributed by atoms with Gasteiger partial charge in [-0.05, 0) is 81.4 Å². The third-order valence-corrected chi connectivity index (χ3v) is 9.92. The number of hydrogen-bond donors (Lipinski definition) is 0. The zero-order chi connectivity index (χ0) is 33.0. The number of para-hydroxylation sites is 1. The summed E-state index contributed by atoms with van der Waals surface area (Å²) in [6.45, 7) is 4.66. The highest BCUT2D eigenvalue weighted by Crippen LogP contribution is 2.51. The van der Waals surface area contributed by atoms with Gasteiger partial charge in [-0.25, -0.2) is 4.98 Å². The van der Waals surface area contributed by atoms with Crippen molar-refractivity contribution in [2.45, 2.75) is 19.3 Å². The van der Waals surface area contributed by atoms with E-state index in [0.717, 1.165) is 44.9 Å². The second-order valence-corrected chi connectivity index (χ2v) is 13.2. The Labute approximate surface area is 286 Å². The first kappa shape index (κ1) is 29.0. The Balaban J connectivity index is 1.17. The topological polar surface area (TPSA) is 29.3 Å². The maximum Gasteiger partial charge on any atom is 0.227 e. The van der Waals surface area contributed by atoms with Gasteiger partial charge in [-0.15, -0.1) is 0 Å². The summed E-state index contributed by atoms with van der Waals surface area (Å²) < 4.78 is 6.49. The predicted molar refractivity (Wildman–Crippen MR) is 203 cm³/mol. The number of anilines is 3. The number of fused-ring (bicyclic) bond motifs is 4. The molecular weight excluding hydrogens is 597 g/mol. The van der Waals surface area contributed by atoms with Crippen LogP contribution in [0.25, 0.3) is 55.9 Å². The van der Waals surface area contributed by atoms with Gasteiger partial charge in [-0.1, -0.05) is 135 Å². The van der Waals surface area contributed by atoms with E-state index in [2.05, 4.69) is 183 Å². The molecule has 7 aromatic carbocycles. The van der Waals surface area contributed by atoms with Crippen molar-refractivity contribution in [2.24, 2.45) is 0 Å². The van der Waals surface area contributed by atoms with Crippen LogP contribution in [0.15, 0.2) is 174 Å². The van der Waals surface area contributed by atoms with Gasteiger partial charge in [0.25, 0.3) is 0 Å². The zero-order valence-electron chi connectivity index (χ0n) is 27.5. The molecule has 234 valence electrons. The van der Waals surface area contributed by atoms with Crippen molar-refractivity contribution in [3.63, 3.8) is 0 Å². The van der Waals surface area contributed by atoms with Crippen LogP contribution in [-0.4, -0.2) is 4.98 Å². The van der Waals surface area contributed by atoms with E-state index in [1.165, 1.54) is 33.4 Å². The van der Waals surface area contributed by atoms with Gasteiger partial charge in [0.1, 0.15) is 5.52 Å². The molecule has 0 N–H and O–H groups in total. The van der Waals surface area contributed by atoms with Crippen molar-refractivity contribution in [3.8, 4) is 44.8 Å². The highest BCUT2D eigenvalue weighted by Gasteiger charge is 2.36. The number of rotatable bonds is 6. The summed E-state index contributed by atoms with van der Waals surface area (Å²) in [5.74, 6) is 0.611. The molecule has 1 aliphatic rings. The molecule has 0 radical (unpaired) electrons. The molecule has 3 nitrogen and oxygen atoms in total. The van der Waals surface area contributed by atoms with Gasteiger partial charge in [0.15, 0.2) is 5.58 Å². The molecule has 9 rings (SSSR count). The maximum absolute atomic E-state index is 6.49. The Bertz CT molecular complexity index is 2460. The lowest BCUT2D eigenvalue weighted by molar-refractivity contribution is 0.620. The van der Waals surface area contributed by atoms with Gasteiger partial charge in [0, 0.05) is 28.3 Å². The second kappa shape index (κ2) is 11.5. The quantitative estimate of drug-likeness (QED) is 0.183. The van der Waals surface area contributed by atoms with E-state index >= 15 is 0 Å². The summed E-state index contributed by atoms with van der Waals surface area (Å²) >= 11 is 0. The second-order valence-electron chi connectivity index (χ2n) is 13.2. The Morgan fingerprint density at radius 2 is 1.04 bits per heavy atom. The fraction of sp³-hybridized carbons (Fsp3) is 0.0652. The lowest BCUT2D eigenvalue weighted by Crippen LogP contribution is -2.16. The molecule has 3 heteroatoms. The minimum Gasteiger partial charge on any atom is -0.436 e. The van der Waals surface area contributed by atoms with Crippen LogP contribution < -0.4 is 4.90 Å². The third kappa shape index (κ3) is 4.94. The molecule has 1 aromatic heterocycles. The molecular formula is C46H34N2O. The lowest BCUT2D eigenvalue weighted by atomic mass is 9.82. The van der Waals surface area contributed by atoms with Gasteiger partial charge in [-0.2, -0.15) is 0 Å². The molecule has 0 saturated carbocycles. The van der Waals surface area contributed by atoms with E-state index in [0.29, 0.717) is 5.89 Å².